The van der Waals surface area contributed by atoms with Crippen molar-refractivity contribution >= 4 is 23.3 Å². The van der Waals surface area contributed by atoms with E-state index in [0.717, 1.165) is 16.8 Å². The summed E-state index contributed by atoms with van der Waals surface area (Å²) in [5.74, 6) is -1.06. The van der Waals surface area contributed by atoms with Crippen molar-refractivity contribution in [3.63, 3.8) is 0 Å². The molecule has 1 amide bonds. The Balaban J connectivity index is 1.48. The van der Waals surface area contributed by atoms with Crippen molar-refractivity contribution in [3.8, 4) is 11.1 Å². The van der Waals surface area contributed by atoms with Gasteiger partial charge >= 0.3 is 5.97 Å². The highest BCUT2D eigenvalue weighted by Gasteiger charge is 2.15. The molecule has 35 heavy (non-hydrogen) atoms. The van der Waals surface area contributed by atoms with Crippen LogP contribution in [0.2, 0.25) is 0 Å². The average molecular weight is 476 g/mol. The van der Waals surface area contributed by atoms with Crippen molar-refractivity contribution in [2.75, 3.05) is 19.0 Å². The largest absolute Gasteiger partial charge is 0.478 e. The molecule has 0 atom stereocenters. The molecule has 0 aromatic heterocycles. The molecular formula is C27H29N3O5. The number of hydrogen-bond donors (Lipinski definition) is 2. The lowest BCUT2D eigenvalue weighted by atomic mass is 9.99. The zero-order valence-electron chi connectivity index (χ0n) is 19.9. The smallest absolute Gasteiger partial charge is 0.336 e. The van der Waals surface area contributed by atoms with Crippen LogP contribution in [0.5, 0.6) is 0 Å². The topological polar surface area (TPSA) is 113 Å². The summed E-state index contributed by atoms with van der Waals surface area (Å²) >= 11 is 0. The van der Waals surface area contributed by atoms with Crippen LogP contribution in [0, 0.1) is 10.1 Å². The Kier molecular flexibility index (Phi) is 8.56. The van der Waals surface area contributed by atoms with E-state index >= 15 is 0 Å². The molecule has 0 unspecified atom stereocenters. The van der Waals surface area contributed by atoms with E-state index < -0.39 is 5.97 Å². The summed E-state index contributed by atoms with van der Waals surface area (Å²) in [4.78, 5) is 36.5. The summed E-state index contributed by atoms with van der Waals surface area (Å²) in [6.07, 6.45) is 2.17. The number of nitro benzene ring substituents is 1. The summed E-state index contributed by atoms with van der Waals surface area (Å²) in [7, 11) is 3.77. The number of rotatable bonds is 11. The average Bonchev–Trinajstić information content (AvgIpc) is 2.85. The number of carbonyl (C=O) groups is 2. The standard InChI is InChI=1S/C27H29N3O5/c1-29(2)22-15-16-25(30(34)35)21(17-22)7-3-6-10-26(31)28-18-19-11-13-20(14-12-19)23-8-4-5-9-24(23)27(32)33/h4-5,8-9,11-17H,3,6-7,10,18H2,1-2H3,(H,28,31)(H,32,33). The van der Waals surface area contributed by atoms with Gasteiger partial charge in [-0.05, 0) is 54.2 Å². The quantitative estimate of drug-likeness (QED) is 0.228. The van der Waals surface area contributed by atoms with Crippen LogP contribution in [-0.4, -0.2) is 36.0 Å². The third-order valence-electron chi connectivity index (χ3n) is 5.79. The second-order valence-electron chi connectivity index (χ2n) is 8.50. The van der Waals surface area contributed by atoms with Crippen molar-refractivity contribution in [3.05, 3.63) is 93.5 Å². The maximum atomic E-state index is 12.3. The summed E-state index contributed by atoms with van der Waals surface area (Å²) in [6, 6.07) is 19.3. The van der Waals surface area contributed by atoms with Crippen LogP contribution in [0.15, 0.2) is 66.7 Å². The molecule has 0 fully saturated rings. The fourth-order valence-electron chi connectivity index (χ4n) is 3.84. The van der Waals surface area contributed by atoms with Crippen LogP contribution >= 0.6 is 0 Å². The number of nitro groups is 1. The van der Waals surface area contributed by atoms with Crippen LogP contribution in [0.1, 0.15) is 40.7 Å². The Bertz CT molecular complexity index is 1210. The van der Waals surface area contributed by atoms with Gasteiger partial charge in [-0.3, -0.25) is 14.9 Å². The molecule has 8 nitrogen and oxygen atoms in total. The van der Waals surface area contributed by atoms with Gasteiger partial charge in [0.05, 0.1) is 10.5 Å². The van der Waals surface area contributed by atoms with E-state index in [1.165, 1.54) is 6.07 Å². The molecule has 8 heteroatoms. The first-order valence-electron chi connectivity index (χ1n) is 11.4. The SMILES string of the molecule is CN(C)c1ccc([N+](=O)[O-])c(CCCCC(=O)NCc2ccc(-c3ccccc3C(=O)O)cc2)c1. The maximum Gasteiger partial charge on any atom is 0.336 e. The number of carboxylic acids is 1. The predicted octanol–water partition coefficient (Wildman–Crippen LogP) is 5.06. The fourth-order valence-corrected chi connectivity index (χ4v) is 3.84. The number of benzene rings is 3. The zero-order valence-corrected chi connectivity index (χ0v) is 19.9. The van der Waals surface area contributed by atoms with E-state index in [1.54, 1.807) is 30.3 Å². The Hall–Kier alpha value is -4.20. The van der Waals surface area contributed by atoms with Gasteiger partial charge in [0.15, 0.2) is 0 Å². The molecule has 0 aliphatic heterocycles. The number of aromatic carboxylic acids is 1. The monoisotopic (exact) mass is 475 g/mol. The minimum Gasteiger partial charge on any atom is -0.478 e. The molecular weight excluding hydrogens is 446 g/mol. The van der Waals surface area contributed by atoms with E-state index in [0.29, 0.717) is 43.4 Å². The number of nitrogens with one attached hydrogen (secondary N) is 1. The molecule has 0 heterocycles. The highest BCUT2D eigenvalue weighted by Crippen LogP contribution is 2.26. The van der Waals surface area contributed by atoms with E-state index in [4.69, 9.17) is 0 Å². The normalized spacial score (nSPS) is 10.6. The number of unbranched alkanes of at least 4 members (excludes halogenated alkanes) is 1. The zero-order chi connectivity index (χ0) is 25.4. The van der Waals surface area contributed by atoms with Crippen molar-refractivity contribution in [2.24, 2.45) is 0 Å². The van der Waals surface area contributed by atoms with Crippen LogP contribution in [-0.2, 0) is 17.8 Å². The lowest BCUT2D eigenvalue weighted by Gasteiger charge is -2.14. The number of nitrogens with zero attached hydrogens (tertiary/aromatic N) is 2. The molecule has 0 aliphatic rings. The van der Waals surface area contributed by atoms with E-state index in [-0.39, 0.29) is 22.1 Å². The van der Waals surface area contributed by atoms with Crippen LogP contribution in [0.25, 0.3) is 11.1 Å². The lowest BCUT2D eigenvalue weighted by Crippen LogP contribution is -2.22. The third-order valence-corrected chi connectivity index (χ3v) is 5.79. The second kappa shape index (κ2) is 11.8. The number of anilines is 1. The molecule has 0 radical (unpaired) electrons. The summed E-state index contributed by atoms with van der Waals surface area (Å²) < 4.78 is 0. The molecule has 3 rings (SSSR count). The number of hydrogen-bond acceptors (Lipinski definition) is 5. The summed E-state index contributed by atoms with van der Waals surface area (Å²) in [6.45, 7) is 0.371. The minimum atomic E-state index is -0.975. The Labute approximate surface area is 204 Å². The Morgan fingerprint density at radius 2 is 1.71 bits per heavy atom. The van der Waals surface area contributed by atoms with Gasteiger partial charge in [0.1, 0.15) is 0 Å². The highest BCUT2D eigenvalue weighted by molar-refractivity contribution is 5.96. The molecule has 3 aromatic rings. The third kappa shape index (κ3) is 6.89. The number of aryl methyl sites for hydroxylation is 1. The van der Waals surface area contributed by atoms with Gasteiger partial charge in [-0.25, -0.2) is 4.79 Å². The molecule has 0 aliphatic carbocycles. The van der Waals surface area contributed by atoms with Crippen molar-refractivity contribution < 1.29 is 19.6 Å². The first kappa shape index (κ1) is 25.4. The van der Waals surface area contributed by atoms with Crippen molar-refractivity contribution in [1.29, 1.82) is 0 Å². The lowest BCUT2D eigenvalue weighted by molar-refractivity contribution is -0.385. The predicted molar refractivity (Wildman–Crippen MR) is 136 cm³/mol. The molecule has 0 bridgehead atoms. The Morgan fingerprint density at radius 1 is 1.00 bits per heavy atom. The van der Waals surface area contributed by atoms with Crippen LogP contribution < -0.4 is 10.2 Å². The van der Waals surface area contributed by atoms with Crippen LogP contribution in [0.4, 0.5) is 11.4 Å². The molecule has 0 saturated heterocycles. The first-order valence-corrected chi connectivity index (χ1v) is 11.4. The first-order chi connectivity index (χ1) is 16.8. The molecule has 0 saturated carbocycles. The van der Waals surface area contributed by atoms with Crippen LogP contribution in [0.3, 0.4) is 0 Å². The van der Waals surface area contributed by atoms with Gasteiger partial charge in [-0.2, -0.15) is 0 Å². The van der Waals surface area contributed by atoms with Gasteiger partial charge < -0.3 is 15.3 Å². The van der Waals surface area contributed by atoms with Gasteiger partial charge in [0, 0.05) is 44.4 Å². The highest BCUT2D eigenvalue weighted by atomic mass is 16.6. The van der Waals surface area contributed by atoms with E-state index in [1.807, 2.05) is 49.3 Å². The summed E-state index contributed by atoms with van der Waals surface area (Å²) in [5, 5.41) is 23.6. The van der Waals surface area contributed by atoms with Gasteiger partial charge in [-0.1, -0.05) is 42.5 Å². The van der Waals surface area contributed by atoms with Crippen molar-refractivity contribution in [1.82, 2.24) is 5.32 Å². The number of carboxylic acid groups (broad SMARTS) is 1. The van der Waals surface area contributed by atoms with E-state index in [9.17, 15) is 24.8 Å². The second-order valence-corrected chi connectivity index (χ2v) is 8.50. The number of amides is 1. The number of carbonyl (C=O) groups excluding carboxylic acids is 1. The van der Waals surface area contributed by atoms with Gasteiger partial charge in [-0.15, -0.1) is 0 Å². The molecule has 3 aromatic carbocycles. The fraction of sp³-hybridized carbons (Fsp3) is 0.259. The maximum absolute atomic E-state index is 12.3. The summed E-state index contributed by atoms with van der Waals surface area (Å²) in [5.41, 5.74) is 4.28. The van der Waals surface area contributed by atoms with Crippen molar-refractivity contribution in [2.45, 2.75) is 32.2 Å². The molecule has 182 valence electrons. The van der Waals surface area contributed by atoms with Gasteiger partial charge in [0.2, 0.25) is 5.91 Å². The molecule has 0 spiro atoms. The molecule has 2 N–H and O–H groups in total. The minimum absolute atomic E-state index is 0.0816. The van der Waals surface area contributed by atoms with Gasteiger partial charge in [0.25, 0.3) is 5.69 Å². The Morgan fingerprint density at radius 3 is 2.37 bits per heavy atom. The van der Waals surface area contributed by atoms with E-state index in [2.05, 4.69) is 5.32 Å².